The van der Waals surface area contributed by atoms with Gasteiger partial charge in [0.05, 0.1) is 25.8 Å². The van der Waals surface area contributed by atoms with Gasteiger partial charge in [-0.2, -0.15) is 0 Å². The lowest BCUT2D eigenvalue weighted by Gasteiger charge is -2.57. The van der Waals surface area contributed by atoms with Crippen molar-refractivity contribution >= 4 is 17.6 Å². The molecule has 4 aliphatic carbocycles. The molecule has 0 radical (unpaired) electrons. The van der Waals surface area contributed by atoms with Gasteiger partial charge in [-0.1, -0.05) is 19.1 Å². The van der Waals surface area contributed by atoms with Gasteiger partial charge in [-0.3, -0.25) is 4.79 Å². The summed E-state index contributed by atoms with van der Waals surface area (Å²) in [5, 5.41) is 12.7. The molecule has 6 nitrogen and oxygen atoms in total. The number of anilines is 1. The number of aryl methyl sites for hydroxylation is 1. The van der Waals surface area contributed by atoms with Crippen LogP contribution < -0.4 is 5.32 Å². The quantitative estimate of drug-likeness (QED) is 0.638. The molecule has 1 amide bonds. The van der Waals surface area contributed by atoms with Crippen molar-refractivity contribution in [3.8, 4) is 0 Å². The van der Waals surface area contributed by atoms with Crippen LogP contribution in [0, 0.1) is 17.8 Å². The number of nitrogens with zero attached hydrogens (tertiary/aromatic N) is 1. The summed E-state index contributed by atoms with van der Waals surface area (Å²) in [6, 6.07) is 6.75. The third kappa shape index (κ3) is 3.53. The van der Waals surface area contributed by atoms with E-state index in [0.29, 0.717) is 5.57 Å². The van der Waals surface area contributed by atoms with Crippen LogP contribution in [0.15, 0.2) is 29.5 Å². The molecule has 1 heterocycles. The third-order valence-electron chi connectivity index (χ3n) is 8.35. The molecule has 5 aliphatic rings. The fourth-order valence-electron chi connectivity index (χ4n) is 7.28. The minimum Gasteiger partial charge on any atom is -0.466 e. The minimum atomic E-state index is -0.503. The summed E-state index contributed by atoms with van der Waals surface area (Å²) in [5.41, 5.74) is 4.30. The van der Waals surface area contributed by atoms with Crippen LogP contribution >= 0.6 is 0 Å². The van der Waals surface area contributed by atoms with Crippen LogP contribution in [0.2, 0.25) is 0 Å². The normalized spacial score (nSPS) is 30.9. The van der Waals surface area contributed by atoms with Crippen molar-refractivity contribution in [1.82, 2.24) is 4.90 Å². The minimum absolute atomic E-state index is 0.144. The highest BCUT2D eigenvalue weighted by molar-refractivity contribution is 6.08. The highest BCUT2D eigenvalue weighted by Crippen LogP contribution is 2.61. The zero-order valence-electron chi connectivity index (χ0n) is 19.2. The van der Waals surface area contributed by atoms with E-state index in [1.165, 1.54) is 56.1 Å². The zero-order chi connectivity index (χ0) is 22.5. The maximum atomic E-state index is 13.0. The van der Waals surface area contributed by atoms with Crippen molar-refractivity contribution in [1.29, 1.82) is 0 Å². The number of nitrogens with one attached hydrogen (secondary N) is 1. The Labute approximate surface area is 190 Å². The molecule has 1 aromatic carbocycles. The Morgan fingerprint density at radius 2 is 1.84 bits per heavy atom. The summed E-state index contributed by atoms with van der Waals surface area (Å²) in [6.07, 6.45) is 8.89. The van der Waals surface area contributed by atoms with Crippen LogP contribution in [0.4, 0.5) is 5.69 Å². The van der Waals surface area contributed by atoms with Gasteiger partial charge in [-0.15, -0.1) is 0 Å². The molecular formula is C26H34N2O4. The smallest absolute Gasteiger partial charge is 0.337 e. The number of hydrogen-bond acceptors (Lipinski definition) is 5. The second-order valence-electron chi connectivity index (χ2n) is 10.3. The number of hydrogen-bond donors (Lipinski definition) is 2. The van der Waals surface area contributed by atoms with E-state index in [2.05, 4.69) is 30.4 Å². The molecule has 4 saturated carbocycles. The SMILES string of the molecule is CCc1ccc(C23CC4CC(CC(C4)C2)C3)cc1NC1=C(C(=O)OC)CN(CCO)C1=O. The Morgan fingerprint density at radius 1 is 1.19 bits per heavy atom. The maximum Gasteiger partial charge on any atom is 0.337 e. The molecule has 0 unspecified atom stereocenters. The molecule has 0 spiro atoms. The van der Waals surface area contributed by atoms with Gasteiger partial charge in [0.25, 0.3) is 5.91 Å². The highest BCUT2D eigenvalue weighted by atomic mass is 16.5. The Kier molecular flexibility index (Phi) is 5.52. The summed E-state index contributed by atoms with van der Waals surface area (Å²) < 4.78 is 4.94. The van der Waals surface area contributed by atoms with Crippen molar-refractivity contribution in [2.75, 3.05) is 32.1 Å². The molecule has 4 bridgehead atoms. The van der Waals surface area contributed by atoms with E-state index in [-0.39, 0.29) is 36.7 Å². The molecule has 1 aromatic rings. The number of β-amino-alcohol motifs (C(OH)–C–C–N with tert-alkyl or cyclic N) is 1. The summed E-state index contributed by atoms with van der Waals surface area (Å²) >= 11 is 0. The molecule has 32 heavy (non-hydrogen) atoms. The zero-order valence-corrected chi connectivity index (χ0v) is 19.2. The fourth-order valence-corrected chi connectivity index (χ4v) is 7.28. The number of rotatable bonds is 7. The van der Waals surface area contributed by atoms with Crippen molar-refractivity contribution in [2.45, 2.75) is 57.3 Å². The van der Waals surface area contributed by atoms with Crippen LogP contribution in [0.1, 0.15) is 56.6 Å². The van der Waals surface area contributed by atoms with E-state index in [0.717, 1.165) is 35.4 Å². The number of carbonyl (C=O) groups is 2. The molecular weight excluding hydrogens is 404 g/mol. The number of ether oxygens (including phenoxy) is 1. The second kappa shape index (κ2) is 8.22. The molecule has 4 fully saturated rings. The van der Waals surface area contributed by atoms with Gasteiger partial charge in [0.15, 0.2) is 0 Å². The highest BCUT2D eigenvalue weighted by Gasteiger charge is 2.51. The number of esters is 1. The number of aliphatic hydroxyl groups is 1. The summed E-state index contributed by atoms with van der Waals surface area (Å²) in [7, 11) is 1.33. The standard InChI is InChI=1S/C26H34N2O4/c1-3-19-4-5-20(26-12-16-8-17(13-26)10-18(9-16)14-26)11-22(19)27-23-21(25(31)32-2)15-28(6-7-29)24(23)30/h4-5,11,16-18,27,29H,3,6-10,12-15H2,1-2H3. The van der Waals surface area contributed by atoms with Crippen LogP contribution in [0.25, 0.3) is 0 Å². The van der Waals surface area contributed by atoms with Crippen molar-refractivity contribution < 1.29 is 19.4 Å². The molecule has 6 heteroatoms. The number of carbonyl (C=O) groups excluding carboxylic acids is 2. The Bertz CT molecular complexity index is 931. The molecule has 0 atom stereocenters. The predicted octanol–water partition coefficient (Wildman–Crippen LogP) is 3.39. The van der Waals surface area contributed by atoms with Gasteiger partial charge in [-0.25, -0.2) is 4.79 Å². The monoisotopic (exact) mass is 438 g/mol. The lowest BCUT2D eigenvalue weighted by atomic mass is 9.48. The summed E-state index contributed by atoms with van der Waals surface area (Å²) in [6.45, 7) is 2.31. The lowest BCUT2D eigenvalue weighted by Crippen LogP contribution is -2.48. The van der Waals surface area contributed by atoms with E-state index in [4.69, 9.17) is 4.74 Å². The van der Waals surface area contributed by atoms with E-state index >= 15 is 0 Å². The van der Waals surface area contributed by atoms with E-state index in [1.54, 1.807) is 0 Å². The average Bonchev–Trinajstić information content (AvgIpc) is 3.08. The summed E-state index contributed by atoms with van der Waals surface area (Å²) in [5.74, 6) is 1.82. The predicted molar refractivity (Wildman–Crippen MR) is 122 cm³/mol. The Hall–Kier alpha value is -2.34. The number of aliphatic hydroxyl groups excluding tert-OH is 1. The summed E-state index contributed by atoms with van der Waals surface area (Å²) in [4.78, 5) is 26.9. The van der Waals surface area contributed by atoms with E-state index < -0.39 is 5.97 Å². The van der Waals surface area contributed by atoms with Gasteiger partial charge in [0.2, 0.25) is 0 Å². The van der Waals surface area contributed by atoms with Crippen LogP contribution in [0.3, 0.4) is 0 Å². The van der Waals surface area contributed by atoms with Gasteiger partial charge >= 0.3 is 5.97 Å². The first-order chi connectivity index (χ1) is 15.5. The first-order valence-corrected chi connectivity index (χ1v) is 12.1. The van der Waals surface area contributed by atoms with Crippen molar-refractivity contribution in [3.05, 3.63) is 40.6 Å². The maximum absolute atomic E-state index is 13.0. The van der Waals surface area contributed by atoms with Gasteiger partial charge in [-0.05, 0) is 85.3 Å². The molecule has 2 N–H and O–H groups in total. The molecule has 0 saturated heterocycles. The lowest BCUT2D eigenvalue weighted by molar-refractivity contribution is -0.136. The molecule has 1 aliphatic heterocycles. The second-order valence-corrected chi connectivity index (χ2v) is 10.3. The van der Waals surface area contributed by atoms with Crippen LogP contribution in [-0.2, 0) is 26.2 Å². The average molecular weight is 439 g/mol. The Balaban J connectivity index is 1.49. The van der Waals surface area contributed by atoms with Crippen LogP contribution in [-0.4, -0.2) is 48.7 Å². The number of benzene rings is 1. The van der Waals surface area contributed by atoms with Crippen LogP contribution in [0.5, 0.6) is 0 Å². The number of methoxy groups -OCH3 is 1. The van der Waals surface area contributed by atoms with Gasteiger partial charge in [0.1, 0.15) is 5.70 Å². The first-order valence-electron chi connectivity index (χ1n) is 12.1. The molecule has 6 rings (SSSR count). The fraction of sp³-hybridized carbons (Fsp3) is 0.615. The van der Waals surface area contributed by atoms with Crippen molar-refractivity contribution in [3.63, 3.8) is 0 Å². The Morgan fingerprint density at radius 3 is 2.41 bits per heavy atom. The topological polar surface area (TPSA) is 78.9 Å². The molecule has 172 valence electrons. The number of amides is 1. The largest absolute Gasteiger partial charge is 0.466 e. The molecule has 0 aromatic heterocycles. The van der Waals surface area contributed by atoms with Gasteiger partial charge in [0, 0.05) is 12.2 Å². The van der Waals surface area contributed by atoms with E-state index in [9.17, 15) is 14.7 Å². The first kappa shape index (κ1) is 21.5. The third-order valence-corrected chi connectivity index (χ3v) is 8.35. The van der Waals surface area contributed by atoms with Gasteiger partial charge < -0.3 is 20.1 Å². The van der Waals surface area contributed by atoms with Crippen molar-refractivity contribution in [2.24, 2.45) is 17.8 Å². The van der Waals surface area contributed by atoms with E-state index in [1.807, 2.05) is 0 Å².